The number of H-pyrrole nitrogens is 1. The predicted molar refractivity (Wildman–Crippen MR) is 98.3 cm³/mol. The van der Waals surface area contributed by atoms with E-state index < -0.39 is 0 Å². The summed E-state index contributed by atoms with van der Waals surface area (Å²) in [5, 5.41) is 9.97. The minimum Gasteiger partial charge on any atom is -0.350 e. The highest BCUT2D eigenvalue weighted by Gasteiger charge is 2.10. The van der Waals surface area contributed by atoms with Crippen molar-refractivity contribution >= 4 is 18.1 Å². The van der Waals surface area contributed by atoms with Gasteiger partial charge in [0.05, 0.1) is 12.2 Å². The summed E-state index contributed by atoms with van der Waals surface area (Å²) >= 11 is 5.30. The van der Waals surface area contributed by atoms with E-state index in [1.54, 1.807) is 6.20 Å². The zero-order chi connectivity index (χ0) is 17.6. The van der Waals surface area contributed by atoms with Gasteiger partial charge in [-0.3, -0.25) is 19.4 Å². The lowest BCUT2D eigenvalue weighted by atomic mass is 10.1. The Labute approximate surface area is 150 Å². The number of amides is 1. The molecule has 1 amide bonds. The Morgan fingerprint density at radius 3 is 2.76 bits per heavy atom. The van der Waals surface area contributed by atoms with E-state index in [4.69, 9.17) is 12.2 Å². The SMILES string of the molecule is Cc1ccc(-c2n[nH]c(=S)n2CCC(=O)NCc2ccccn2)cc1. The van der Waals surface area contributed by atoms with Crippen LogP contribution in [-0.4, -0.2) is 25.7 Å². The molecule has 0 fully saturated rings. The number of aromatic nitrogens is 4. The van der Waals surface area contributed by atoms with Gasteiger partial charge in [0.15, 0.2) is 10.6 Å². The number of pyridine rings is 1. The maximum absolute atomic E-state index is 12.1. The minimum atomic E-state index is -0.0522. The monoisotopic (exact) mass is 353 g/mol. The number of aryl methyl sites for hydroxylation is 1. The predicted octanol–water partition coefficient (Wildman–Crippen LogP) is 3.02. The number of nitrogens with zero attached hydrogens (tertiary/aromatic N) is 3. The molecular formula is C18H19N5OS. The molecule has 0 radical (unpaired) electrons. The van der Waals surface area contributed by atoms with E-state index >= 15 is 0 Å². The molecule has 0 aliphatic carbocycles. The first-order valence-corrected chi connectivity index (χ1v) is 8.43. The van der Waals surface area contributed by atoms with Gasteiger partial charge in [-0.05, 0) is 31.3 Å². The van der Waals surface area contributed by atoms with Crippen molar-refractivity contribution < 1.29 is 4.79 Å². The van der Waals surface area contributed by atoms with E-state index in [9.17, 15) is 4.79 Å². The molecule has 0 spiro atoms. The van der Waals surface area contributed by atoms with Crippen molar-refractivity contribution in [1.29, 1.82) is 0 Å². The minimum absolute atomic E-state index is 0.0522. The molecule has 25 heavy (non-hydrogen) atoms. The van der Waals surface area contributed by atoms with Crippen molar-refractivity contribution in [1.82, 2.24) is 25.1 Å². The van der Waals surface area contributed by atoms with E-state index in [1.165, 1.54) is 5.56 Å². The first-order chi connectivity index (χ1) is 12.1. The van der Waals surface area contributed by atoms with E-state index in [2.05, 4.69) is 20.5 Å². The first-order valence-electron chi connectivity index (χ1n) is 8.02. The normalized spacial score (nSPS) is 10.6. The van der Waals surface area contributed by atoms with Crippen molar-refractivity contribution in [2.75, 3.05) is 0 Å². The third-order valence-electron chi connectivity index (χ3n) is 3.82. The highest BCUT2D eigenvalue weighted by atomic mass is 32.1. The molecule has 0 aliphatic heterocycles. The average Bonchev–Trinajstić information content (AvgIpc) is 3.00. The molecule has 1 aromatic carbocycles. The molecule has 0 aliphatic rings. The summed E-state index contributed by atoms with van der Waals surface area (Å²) in [6, 6.07) is 13.7. The molecule has 0 bridgehead atoms. The van der Waals surface area contributed by atoms with E-state index in [-0.39, 0.29) is 5.91 Å². The van der Waals surface area contributed by atoms with Gasteiger partial charge in [-0.15, -0.1) is 0 Å². The van der Waals surface area contributed by atoms with Crippen LogP contribution < -0.4 is 5.32 Å². The van der Waals surface area contributed by atoms with Crippen LogP contribution in [-0.2, 0) is 17.9 Å². The van der Waals surface area contributed by atoms with Crippen molar-refractivity contribution in [2.24, 2.45) is 0 Å². The highest BCUT2D eigenvalue weighted by Crippen LogP contribution is 2.18. The number of carbonyl (C=O) groups excluding carboxylic acids is 1. The van der Waals surface area contributed by atoms with Crippen LogP contribution in [0, 0.1) is 11.7 Å². The van der Waals surface area contributed by atoms with Gasteiger partial charge in [-0.25, -0.2) is 0 Å². The van der Waals surface area contributed by atoms with Crippen LogP contribution in [0.4, 0.5) is 0 Å². The van der Waals surface area contributed by atoms with Gasteiger partial charge in [0.2, 0.25) is 5.91 Å². The molecule has 3 aromatic rings. The number of rotatable bonds is 6. The van der Waals surface area contributed by atoms with E-state index in [0.717, 1.165) is 17.1 Å². The van der Waals surface area contributed by atoms with E-state index in [0.29, 0.717) is 24.3 Å². The van der Waals surface area contributed by atoms with Gasteiger partial charge in [0.1, 0.15) is 0 Å². The van der Waals surface area contributed by atoms with Crippen LogP contribution in [0.2, 0.25) is 0 Å². The third kappa shape index (κ3) is 4.39. The van der Waals surface area contributed by atoms with Crippen LogP contribution in [0.15, 0.2) is 48.7 Å². The quantitative estimate of drug-likeness (QED) is 0.668. The topological polar surface area (TPSA) is 75.6 Å². The second kappa shape index (κ2) is 7.85. The maximum Gasteiger partial charge on any atom is 0.222 e. The molecule has 0 unspecified atom stereocenters. The summed E-state index contributed by atoms with van der Waals surface area (Å²) in [5.41, 5.74) is 2.97. The van der Waals surface area contributed by atoms with E-state index in [1.807, 2.05) is 54.0 Å². The fraction of sp³-hybridized carbons (Fsp3) is 0.222. The van der Waals surface area contributed by atoms with Gasteiger partial charge in [0, 0.05) is 24.7 Å². The number of hydrogen-bond donors (Lipinski definition) is 2. The standard InChI is InChI=1S/C18H19N5OS/c1-13-5-7-14(8-6-13)17-21-22-18(25)23(17)11-9-16(24)20-12-15-4-2-3-10-19-15/h2-8,10H,9,11-12H2,1H3,(H,20,24)(H,22,25). The van der Waals surface area contributed by atoms with Gasteiger partial charge < -0.3 is 5.32 Å². The van der Waals surface area contributed by atoms with Gasteiger partial charge >= 0.3 is 0 Å². The van der Waals surface area contributed by atoms with Crippen LogP contribution >= 0.6 is 12.2 Å². The Hall–Kier alpha value is -2.80. The Balaban J connectivity index is 1.63. The summed E-state index contributed by atoms with van der Waals surface area (Å²) < 4.78 is 2.36. The maximum atomic E-state index is 12.1. The summed E-state index contributed by atoms with van der Waals surface area (Å²) in [4.78, 5) is 16.3. The molecule has 2 heterocycles. The molecule has 7 heteroatoms. The van der Waals surface area contributed by atoms with Gasteiger partial charge in [0.25, 0.3) is 0 Å². The Morgan fingerprint density at radius 1 is 1.24 bits per heavy atom. The molecule has 3 rings (SSSR count). The molecule has 6 nitrogen and oxygen atoms in total. The second-order valence-corrected chi connectivity index (χ2v) is 6.10. The van der Waals surface area contributed by atoms with Gasteiger partial charge in [-0.2, -0.15) is 5.10 Å². The number of benzene rings is 1. The van der Waals surface area contributed by atoms with Crippen molar-refractivity contribution in [3.05, 3.63) is 64.7 Å². The molecule has 0 saturated heterocycles. The molecular weight excluding hydrogens is 334 g/mol. The Bertz CT molecular complexity index is 899. The lowest BCUT2D eigenvalue weighted by molar-refractivity contribution is -0.121. The molecule has 2 aromatic heterocycles. The highest BCUT2D eigenvalue weighted by molar-refractivity contribution is 7.71. The molecule has 0 saturated carbocycles. The van der Waals surface area contributed by atoms with Crippen molar-refractivity contribution in [3.8, 4) is 11.4 Å². The average molecular weight is 353 g/mol. The largest absolute Gasteiger partial charge is 0.350 e. The summed E-state index contributed by atoms with van der Waals surface area (Å²) in [6.07, 6.45) is 2.03. The number of aromatic amines is 1. The van der Waals surface area contributed by atoms with Crippen molar-refractivity contribution in [2.45, 2.75) is 26.4 Å². The zero-order valence-corrected chi connectivity index (χ0v) is 14.7. The fourth-order valence-electron chi connectivity index (χ4n) is 2.44. The molecule has 2 N–H and O–H groups in total. The number of carbonyl (C=O) groups is 1. The summed E-state index contributed by atoms with van der Waals surface area (Å²) in [5.74, 6) is 0.686. The number of hydrogen-bond acceptors (Lipinski definition) is 4. The first kappa shape index (κ1) is 17.0. The van der Waals surface area contributed by atoms with Crippen molar-refractivity contribution in [3.63, 3.8) is 0 Å². The zero-order valence-electron chi connectivity index (χ0n) is 13.9. The molecule has 128 valence electrons. The van der Waals surface area contributed by atoms with Crippen LogP contribution in [0.3, 0.4) is 0 Å². The number of nitrogens with one attached hydrogen (secondary N) is 2. The molecule has 0 atom stereocenters. The lowest BCUT2D eigenvalue weighted by Crippen LogP contribution is -2.24. The third-order valence-corrected chi connectivity index (χ3v) is 4.14. The van der Waals surface area contributed by atoms with Crippen LogP contribution in [0.1, 0.15) is 17.7 Å². The Morgan fingerprint density at radius 2 is 2.04 bits per heavy atom. The summed E-state index contributed by atoms with van der Waals surface area (Å²) in [7, 11) is 0. The summed E-state index contributed by atoms with van der Waals surface area (Å²) in [6.45, 7) is 2.92. The Kier molecular flexibility index (Phi) is 5.35. The smallest absolute Gasteiger partial charge is 0.222 e. The van der Waals surface area contributed by atoms with Gasteiger partial charge in [-0.1, -0.05) is 35.9 Å². The van der Waals surface area contributed by atoms with Crippen LogP contribution in [0.5, 0.6) is 0 Å². The fourth-order valence-corrected chi connectivity index (χ4v) is 2.67. The second-order valence-electron chi connectivity index (χ2n) is 5.72. The lowest BCUT2D eigenvalue weighted by Gasteiger charge is -2.08. The van der Waals surface area contributed by atoms with Crippen LogP contribution in [0.25, 0.3) is 11.4 Å².